The molecule has 5 heteroatoms. The van der Waals surface area contributed by atoms with E-state index >= 15 is 0 Å². The fourth-order valence-corrected chi connectivity index (χ4v) is 1.36. The Kier molecular flexibility index (Phi) is 2.15. The van der Waals surface area contributed by atoms with Crippen LogP contribution in [0.25, 0.3) is 10.8 Å². The van der Waals surface area contributed by atoms with Crippen molar-refractivity contribution in [3.05, 3.63) is 41.5 Å². The van der Waals surface area contributed by atoms with Crippen molar-refractivity contribution in [2.24, 2.45) is 0 Å². The van der Waals surface area contributed by atoms with Gasteiger partial charge in [0, 0.05) is 11.6 Å². The van der Waals surface area contributed by atoms with Gasteiger partial charge in [0.15, 0.2) is 23.7 Å². The summed E-state index contributed by atoms with van der Waals surface area (Å²) in [5, 5.41) is -0.199. The van der Waals surface area contributed by atoms with Gasteiger partial charge in [0.1, 0.15) is 5.69 Å². The molecule has 1 aromatic carbocycles. The number of benzene rings is 1. The molecule has 0 saturated heterocycles. The molecule has 0 radical (unpaired) electrons. The Labute approximate surface area is 82.4 Å². The molecule has 0 amide bonds. The first-order valence-electron chi connectivity index (χ1n) is 4.02. The number of rotatable bonds is 1. The summed E-state index contributed by atoms with van der Waals surface area (Å²) in [4.78, 5) is 14.1. The van der Waals surface area contributed by atoms with Crippen molar-refractivity contribution in [3.63, 3.8) is 0 Å². The topological polar surface area (TPSA) is 30.0 Å². The Morgan fingerprint density at radius 3 is 2.60 bits per heavy atom. The van der Waals surface area contributed by atoms with Crippen LogP contribution in [-0.2, 0) is 0 Å². The molecule has 0 bridgehead atoms. The zero-order chi connectivity index (χ0) is 11.0. The first-order chi connectivity index (χ1) is 7.15. The minimum atomic E-state index is -1.60. The second kappa shape index (κ2) is 3.34. The number of aromatic nitrogens is 1. The third-order valence-electron chi connectivity index (χ3n) is 2.03. The summed E-state index contributed by atoms with van der Waals surface area (Å²) >= 11 is 0. The van der Waals surface area contributed by atoms with Crippen molar-refractivity contribution in [1.29, 1.82) is 0 Å². The fourth-order valence-electron chi connectivity index (χ4n) is 1.36. The van der Waals surface area contributed by atoms with E-state index in [4.69, 9.17) is 0 Å². The Balaban J connectivity index is 2.99. The molecule has 0 saturated carbocycles. The highest BCUT2D eigenvalue weighted by Crippen LogP contribution is 2.23. The number of nitrogens with zero attached hydrogens (tertiary/aromatic N) is 1. The number of carbonyl (C=O) groups excluding carboxylic acids is 1. The second-order valence-electron chi connectivity index (χ2n) is 2.90. The lowest BCUT2D eigenvalue weighted by molar-refractivity contribution is 0.112. The number of hydrogen-bond acceptors (Lipinski definition) is 2. The van der Waals surface area contributed by atoms with E-state index in [0.717, 1.165) is 6.07 Å². The maximum Gasteiger partial charge on any atom is 0.195 e. The van der Waals surface area contributed by atoms with E-state index in [9.17, 15) is 18.0 Å². The minimum Gasteiger partial charge on any atom is -0.296 e. The fraction of sp³-hybridized carbons (Fsp3) is 0. The van der Waals surface area contributed by atoms with Gasteiger partial charge in [-0.15, -0.1) is 0 Å². The normalized spacial score (nSPS) is 10.6. The molecule has 0 atom stereocenters. The first-order valence-corrected chi connectivity index (χ1v) is 4.02. The maximum atomic E-state index is 13.3. The van der Waals surface area contributed by atoms with Gasteiger partial charge in [-0.1, -0.05) is 0 Å². The van der Waals surface area contributed by atoms with Crippen molar-refractivity contribution in [2.75, 3.05) is 0 Å². The Morgan fingerprint density at radius 2 is 1.93 bits per heavy atom. The second-order valence-corrected chi connectivity index (χ2v) is 2.90. The summed E-state index contributed by atoms with van der Waals surface area (Å²) in [7, 11) is 0. The van der Waals surface area contributed by atoms with Gasteiger partial charge in [0.2, 0.25) is 0 Å². The molecule has 2 aromatic rings. The summed E-state index contributed by atoms with van der Waals surface area (Å²) in [5.74, 6) is -4.28. The van der Waals surface area contributed by atoms with Crippen molar-refractivity contribution in [3.8, 4) is 0 Å². The van der Waals surface area contributed by atoms with Crippen LogP contribution in [0.3, 0.4) is 0 Å². The lowest BCUT2D eigenvalue weighted by Crippen LogP contribution is -1.97. The van der Waals surface area contributed by atoms with Crippen molar-refractivity contribution in [2.45, 2.75) is 0 Å². The molecule has 0 aliphatic rings. The van der Waals surface area contributed by atoms with Gasteiger partial charge in [-0.05, 0) is 17.5 Å². The van der Waals surface area contributed by atoms with Crippen molar-refractivity contribution in [1.82, 2.24) is 4.98 Å². The Hall–Kier alpha value is -1.91. The highest BCUT2D eigenvalue weighted by Gasteiger charge is 2.16. The van der Waals surface area contributed by atoms with E-state index in [1.165, 1.54) is 12.3 Å². The van der Waals surface area contributed by atoms with Crippen LogP contribution in [0.2, 0.25) is 0 Å². The number of hydrogen-bond donors (Lipinski definition) is 0. The van der Waals surface area contributed by atoms with Crippen LogP contribution >= 0.6 is 0 Å². The quantitative estimate of drug-likeness (QED) is 0.535. The van der Waals surface area contributed by atoms with E-state index in [2.05, 4.69) is 4.98 Å². The van der Waals surface area contributed by atoms with Gasteiger partial charge in [-0.3, -0.25) is 9.78 Å². The minimum absolute atomic E-state index is 0.100. The summed E-state index contributed by atoms with van der Waals surface area (Å²) < 4.78 is 39.0. The predicted octanol–water partition coefficient (Wildman–Crippen LogP) is 2.46. The van der Waals surface area contributed by atoms with Gasteiger partial charge < -0.3 is 0 Å². The SMILES string of the molecule is O=Cc1nccc2cc(F)c(F)c(F)c12. The zero-order valence-corrected chi connectivity index (χ0v) is 7.30. The molecule has 0 aliphatic carbocycles. The lowest BCUT2D eigenvalue weighted by atomic mass is 10.1. The van der Waals surface area contributed by atoms with E-state index in [-0.39, 0.29) is 16.5 Å². The molecular weight excluding hydrogens is 207 g/mol. The molecule has 15 heavy (non-hydrogen) atoms. The first kappa shape index (κ1) is 9.64. The number of halogens is 3. The smallest absolute Gasteiger partial charge is 0.195 e. The maximum absolute atomic E-state index is 13.3. The number of carbonyl (C=O) groups is 1. The van der Waals surface area contributed by atoms with Gasteiger partial charge in [0.25, 0.3) is 0 Å². The number of aldehydes is 1. The standard InChI is InChI=1S/C10H4F3NO/c11-6-3-5-1-2-14-7(4-15)8(5)10(13)9(6)12/h1-4H. The lowest BCUT2D eigenvalue weighted by Gasteiger charge is -2.03. The molecule has 1 heterocycles. The van der Waals surface area contributed by atoms with E-state index in [0.29, 0.717) is 6.29 Å². The van der Waals surface area contributed by atoms with E-state index < -0.39 is 17.5 Å². The third-order valence-corrected chi connectivity index (χ3v) is 2.03. The molecule has 2 nitrogen and oxygen atoms in total. The summed E-state index contributed by atoms with van der Waals surface area (Å²) in [5.41, 5.74) is -0.246. The van der Waals surface area contributed by atoms with Crippen LogP contribution in [0.4, 0.5) is 13.2 Å². The van der Waals surface area contributed by atoms with Crippen LogP contribution in [0.1, 0.15) is 10.5 Å². The van der Waals surface area contributed by atoms with Gasteiger partial charge in [-0.2, -0.15) is 0 Å². The molecular formula is C10H4F3NO. The van der Waals surface area contributed by atoms with Crippen molar-refractivity contribution < 1.29 is 18.0 Å². The summed E-state index contributed by atoms with van der Waals surface area (Å²) in [6.45, 7) is 0. The van der Waals surface area contributed by atoms with Gasteiger partial charge in [-0.25, -0.2) is 13.2 Å². The Bertz CT molecular complexity index is 554. The average molecular weight is 211 g/mol. The highest BCUT2D eigenvalue weighted by atomic mass is 19.2. The van der Waals surface area contributed by atoms with E-state index in [1.807, 2.05) is 0 Å². The summed E-state index contributed by atoms with van der Waals surface area (Å²) in [6.07, 6.45) is 1.52. The van der Waals surface area contributed by atoms with Gasteiger partial charge in [0.05, 0.1) is 0 Å². The van der Waals surface area contributed by atoms with Crippen LogP contribution in [0.5, 0.6) is 0 Å². The average Bonchev–Trinajstić information content (AvgIpc) is 2.25. The molecule has 2 rings (SSSR count). The van der Waals surface area contributed by atoms with Crippen LogP contribution in [-0.4, -0.2) is 11.3 Å². The third kappa shape index (κ3) is 1.36. The van der Waals surface area contributed by atoms with Crippen LogP contribution < -0.4 is 0 Å². The molecule has 76 valence electrons. The predicted molar refractivity (Wildman–Crippen MR) is 47.0 cm³/mol. The number of pyridine rings is 1. The van der Waals surface area contributed by atoms with E-state index in [1.54, 1.807) is 0 Å². The van der Waals surface area contributed by atoms with Crippen LogP contribution in [0, 0.1) is 17.5 Å². The monoisotopic (exact) mass is 211 g/mol. The number of fused-ring (bicyclic) bond motifs is 1. The Morgan fingerprint density at radius 1 is 1.20 bits per heavy atom. The summed E-state index contributed by atoms with van der Waals surface area (Å²) in [6, 6.07) is 2.12. The molecule has 0 unspecified atom stereocenters. The molecule has 1 aromatic heterocycles. The molecule has 0 aliphatic heterocycles. The zero-order valence-electron chi connectivity index (χ0n) is 7.30. The van der Waals surface area contributed by atoms with Gasteiger partial charge >= 0.3 is 0 Å². The molecule has 0 fully saturated rings. The molecule has 0 N–H and O–H groups in total. The van der Waals surface area contributed by atoms with Crippen LogP contribution in [0.15, 0.2) is 18.3 Å². The van der Waals surface area contributed by atoms with Crippen molar-refractivity contribution >= 4 is 17.1 Å². The largest absolute Gasteiger partial charge is 0.296 e. The molecule has 0 spiro atoms. The highest BCUT2D eigenvalue weighted by molar-refractivity contribution is 5.96.